The molecule has 0 fully saturated rings. The van der Waals surface area contributed by atoms with Gasteiger partial charge in [-0.2, -0.15) is 5.10 Å². The molecular weight excluding hydrogens is 271 g/mol. The van der Waals surface area contributed by atoms with Crippen LogP contribution >= 0.6 is 0 Å². The van der Waals surface area contributed by atoms with Crippen LogP contribution in [-0.2, 0) is 6.54 Å². The maximum Gasteiger partial charge on any atom is 0.150 e. The summed E-state index contributed by atoms with van der Waals surface area (Å²) >= 11 is 0. The minimum absolute atomic E-state index is 0.210. The predicted molar refractivity (Wildman–Crippen MR) is 76.8 cm³/mol. The van der Waals surface area contributed by atoms with Crippen molar-refractivity contribution in [2.45, 2.75) is 6.54 Å². The fraction of sp³-hybridized carbons (Fsp3) is 0.0667. The standard InChI is InChI=1S/C15H13FN4O/c16-14-7-12(4-5-15(14)20-10-17-9-19-20)18-8-11-2-1-3-13(21)6-11/h1-7,9-10,18,21H,8H2. The summed E-state index contributed by atoms with van der Waals surface area (Å²) in [4.78, 5) is 3.79. The Labute approximate surface area is 120 Å². The topological polar surface area (TPSA) is 63.0 Å². The predicted octanol–water partition coefficient (Wildman–Crippen LogP) is 2.72. The molecule has 3 aromatic rings. The molecule has 0 radical (unpaired) electrons. The number of nitrogens with zero attached hydrogens (tertiary/aromatic N) is 3. The Morgan fingerprint density at radius 1 is 1.19 bits per heavy atom. The van der Waals surface area contributed by atoms with Gasteiger partial charge in [0.15, 0.2) is 5.82 Å². The molecule has 21 heavy (non-hydrogen) atoms. The molecule has 6 heteroatoms. The lowest BCUT2D eigenvalue weighted by Gasteiger charge is -2.09. The third-order valence-corrected chi connectivity index (χ3v) is 3.02. The number of nitrogens with one attached hydrogen (secondary N) is 1. The molecule has 0 aliphatic heterocycles. The SMILES string of the molecule is Oc1cccc(CNc2ccc(-n3cncn3)c(F)c2)c1. The average molecular weight is 284 g/mol. The Bertz CT molecular complexity index is 743. The van der Waals surface area contributed by atoms with E-state index in [-0.39, 0.29) is 11.6 Å². The van der Waals surface area contributed by atoms with Crippen LogP contribution < -0.4 is 5.32 Å². The van der Waals surface area contributed by atoms with Crippen LogP contribution in [0, 0.1) is 5.82 Å². The number of aromatic hydroxyl groups is 1. The van der Waals surface area contributed by atoms with E-state index in [9.17, 15) is 9.50 Å². The van der Waals surface area contributed by atoms with Crippen molar-refractivity contribution in [3.05, 3.63) is 66.5 Å². The highest BCUT2D eigenvalue weighted by atomic mass is 19.1. The van der Waals surface area contributed by atoms with Crippen molar-refractivity contribution in [3.63, 3.8) is 0 Å². The first-order valence-corrected chi connectivity index (χ1v) is 6.39. The summed E-state index contributed by atoms with van der Waals surface area (Å²) in [6, 6.07) is 11.7. The quantitative estimate of drug-likeness (QED) is 0.773. The van der Waals surface area contributed by atoms with Gasteiger partial charge < -0.3 is 10.4 Å². The van der Waals surface area contributed by atoms with Gasteiger partial charge >= 0.3 is 0 Å². The number of halogens is 1. The summed E-state index contributed by atoms with van der Waals surface area (Å²) in [5.41, 5.74) is 1.91. The van der Waals surface area contributed by atoms with Gasteiger partial charge in [0.2, 0.25) is 0 Å². The number of hydrogen-bond acceptors (Lipinski definition) is 4. The molecule has 0 atom stereocenters. The van der Waals surface area contributed by atoms with Gasteiger partial charge in [-0.1, -0.05) is 12.1 Å². The lowest BCUT2D eigenvalue weighted by Crippen LogP contribution is -2.02. The molecule has 1 aromatic heterocycles. The van der Waals surface area contributed by atoms with E-state index in [1.54, 1.807) is 30.3 Å². The van der Waals surface area contributed by atoms with Crippen molar-refractivity contribution in [1.82, 2.24) is 14.8 Å². The third kappa shape index (κ3) is 3.00. The van der Waals surface area contributed by atoms with E-state index >= 15 is 0 Å². The van der Waals surface area contributed by atoms with Crippen molar-refractivity contribution in [2.24, 2.45) is 0 Å². The van der Waals surface area contributed by atoms with Gasteiger partial charge in [-0.3, -0.25) is 0 Å². The number of rotatable bonds is 4. The van der Waals surface area contributed by atoms with Crippen molar-refractivity contribution in [3.8, 4) is 11.4 Å². The molecule has 0 amide bonds. The number of anilines is 1. The van der Waals surface area contributed by atoms with Gasteiger partial charge in [0, 0.05) is 12.2 Å². The molecule has 2 N–H and O–H groups in total. The molecule has 2 aromatic carbocycles. The van der Waals surface area contributed by atoms with Gasteiger partial charge in [-0.15, -0.1) is 0 Å². The van der Waals surface area contributed by atoms with Crippen molar-refractivity contribution >= 4 is 5.69 Å². The highest BCUT2D eigenvalue weighted by Crippen LogP contribution is 2.18. The average Bonchev–Trinajstić information content (AvgIpc) is 2.99. The van der Waals surface area contributed by atoms with Crippen LogP contribution in [0.1, 0.15) is 5.56 Å². The molecule has 0 spiro atoms. The summed E-state index contributed by atoms with van der Waals surface area (Å²) in [6.45, 7) is 0.497. The Kier molecular flexibility index (Phi) is 3.51. The summed E-state index contributed by atoms with van der Waals surface area (Å²) < 4.78 is 15.4. The lowest BCUT2D eigenvalue weighted by atomic mass is 10.2. The number of hydrogen-bond donors (Lipinski definition) is 2. The minimum atomic E-state index is -0.388. The van der Waals surface area contributed by atoms with Crippen molar-refractivity contribution in [1.29, 1.82) is 0 Å². The van der Waals surface area contributed by atoms with Crippen LogP contribution in [0.25, 0.3) is 5.69 Å². The van der Waals surface area contributed by atoms with Gasteiger partial charge in [-0.05, 0) is 35.9 Å². The Balaban J connectivity index is 1.74. The third-order valence-electron chi connectivity index (χ3n) is 3.02. The molecule has 0 saturated heterocycles. The monoisotopic (exact) mass is 284 g/mol. The van der Waals surface area contributed by atoms with E-state index in [1.165, 1.54) is 23.4 Å². The van der Waals surface area contributed by atoms with Crippen LogP contribution in [0.5, 0.6) is 5.75 Å². The van der Waals surface area contributed by atoms with E-state index < -0.39 is 0 Å². The summed E-state index contributed by atoms with van der Waals surface area (Å²) in [6.07, 6.45) is 2.80. The zero-order valence-electron chi connectivity index (χ0n) is 11.1. The molecule has 3 rings (SSSR count). The zero-order valence-corrected chi connectivity index (χ0v) is 11.1. The van der Waals surface area contributed by atoms with Gasteiger partial charge in [0.1, 0.15) is 24.1 Å². The number of aromatic nitrogens is 3. The fourth-order valence-corrected chi connectivity index (χ4v) is 2.01. The molecule has 0 saturated carbocycles. The highest BCUT2D eigenvalue weighted by molar-refractivity contribution is 5.50. The molecule has 0 bridgehead atoms. The van der Waals surface area contributed by atoms with Gasteiger partial charge in [0.05, 0.1) is 0 Å². The molecule has 0 aliphatic carbocycles. The summed E-state index contributed by atoms with van der Waals surface area (Å²) in [5, 5.41) is 16.4. The van der Waals surface area contributed by atoms with E-state index in [1.807, 2.05) is 6.07 Å². The van der Waals surface area contributed by atoms with E-state index in [2.05, 4.69) is 15.4 Å². The normalized spacial score (nSPS) is 10.5. The van der Waals surface area contributed by atoms with Crippen LogP contribution in [0.3, 0.4) is 0 Å². The van der Waals surface area contributed by atoms with E-state index in [0.29, 0.717) is 17.9 Å². The first-order valence-electron chi connectivity index (χ1n) is 6.39. The lowest BCUT2D eigenvalue weighted by molar-refractivity contribution is 0.474. The number of phenolic OH excluding ortho intramolecular Hbond substituents is 1. The molecule has 0 aliphatic rings. The van der Waals surface area contributed by atoms with Crippen LogP contribution in [-0.4, -0.2) is 19.9 Å². The smallest absolute Gasteiger partial charge is 0.150 e. The second-order valence-corrected chi connectivity index (χ2v) is 4.53. The van der Waals surface area contributed by atoms with Gasteiger partial charge in [-0.25, -0.2) is 14.1 Å². The molecular formula is C15H13FN4O. The Morgan fingerprint density at radius 3 is 2.81 bits per heavy atom. The summed E-state index contributed by atoms with van der Waals surface area (Å²) in [7, 11) is 0. The maximum absolute atomic E-state index is 14.0. The molecule has 5 nitrogen and oxygen atoms in total. The molecule has 106 valence electrons. The largest absolute Gasteiger partial charge is 0.508 e. The second-order valence-electron chi connectivity index (χ2n) is 4.53. The zero-order chi connectivity index (χ0) is 14.7. The Morgan fingerprint density at radius 2 is 2.10 bits per heavy atom. The first kappa shape index (κ1) is 13.1. The molecule has 0 unspecified atom stereocenters. The number of phenols is 1. The van der Waals surface area contributed by atoms with Crippen LogP contribution in [0.2, 0.25) is 0 Å². The van der Waals surface area contributed by atoms with Crippen LogP contribution in [0.15, 0.2) is 55.1 Å². The first-order chi connectivity index (χ1) is 10.2. The highest BCUT2D eigenvalue weighted by Gasteiger charge is 2.06. The van der Waals surface area contributed by atoms with Crippen molar-refractivity contribution < 1.29 is 9.50 Å². The fourth-order valence-electron chi connectivity index (χ4n) is 2.01. The van der Waals surface area contributed by atoms with Crippen LogP contribution in [0.4, 0.5) is 10.1 Å². The number of benzene rings is 2. The Hall–Kier alpha value is -2.89. The molecule has 1 heterocycles. The summed E-state index contributed by atoms with van der Waals surface area (Å²) in [5.74, 6) is -0.177. The van der Waals surface area contributed by atoms with Gasteiger partial charge in [0.25, 0.3) is 0 Å². The second kappa shape index (κ2) is 5.62. The maximum atomic E-state index is 14.0. The van der Waals surface area contributed by atoms with E-state index in [0.717, 1.165) is 5.56 Å². The van der Waals surface area contributed by atoms with Crippen molar-refractivity contribution in [2.75, 3.05) is 5.32 Å². The van der Waals surface area contributed by atoms with E-state index in [4.69, 9.17) is 0 Å². The minimum Gasteiger partial charge on any atom is -0.508 e.